The Morgan fingerprint density at radius 3 is 2.50 bits per heavy atom. The highest BCUT2D eigenvalue weighted by Crippen LogP contribution is 2.12. The van der Waals surface area contributed by atoms with Crippen molar-refractivity contribution >= 4 is 5.96 Å². The number of nitrogens with one attached hydrogen (secondary N) is 2. The number of hydrogen-bond acceptors (Lipinski definition) is 3. The van der Waals surface area contributed by atoms with Crippen LogP contribution in [0.5, 0.6) is 0 Å². The molecule has 2 aromatic rings. The molecule has 0 bridgehead atoms. The molecule has 5 nitrogen and oxygen atoms in total. The Labute approximate surface area is 144 Å². The molecule has 0 radical (unpaired) electrons. The van der Waals surface area contributed by atoms with Gasteiger partial charge in [0.25, 0.3) is 0 Å². The molecule has 0 atom stereocenters. The first-order valence-electron chi connectivity index (χ1n) is 8.66. The van der Waals surface area contributed by atoms with E-state index in [-0.39, 0.29) is 0 Å². The van der Waals surface area contributed by atoms with E-state index in [1.54, 1.807) is 0 Å². The summed E-state index contributed by atoms with van der Waals surface area (Å²) in [6.07, 6.45) is 1.90. The van der Waals surface area contributed by atoms with Crippen LogP contribution in [0.2, 0.25) is 0 Å². The van der Waals surface area contributed by atoms with Gasteiger partial charge in [0.05, 0.1) is 12.2 Å². The van der Waals surface area contributed by atoms with Crippen molar-refractivity contribution in [3.05, 3.63) is 52.4 Å². The molecule has 2 N–H and O–H groups in total. The van der Waals surface area contributed by atoms with E-state index in [0.29, 0.717) is 6.54 Å². The third-order valence-electron chi connectivity index (χ3n) is 4.10. The quantitative estimate of drug-likeness (QED) is 0.605. The largest absolute Gasteiger partial charge is 0.361 e. The van der Waals surface area contributed by atoms with Gasteiger partial charge in [-0.3, -0.25) is 0 Å². The summed E-state index contributed by atoms with van der Waals surface area (Å²) < 4.78 is 5.21. The molecule has 0 aliphatic heterocycles. The Hall–Kier alpha value is -2.30. The van der Waals surface area contributed by atoms with Gasteiger partial charge in [-0.25, -0.2) is 4.99 Å². The van der Waals surface area contributed by atoms with Gasteiger partial charge in [-0.15, -0.1) is 0 Å². The first kappa shape index (κ1) is 18.0. The van der Waals surface area contributed by atoms with Crippen molar-refractivity contribution in [3.63, 3.8) is 0 Å². The summed E-state index contributed by atoms with van der Waals surface area (Å²) in [6.45, 7) is 10.5. The van der Waals surface area contributed by atoms with E-state index in [1.165, 1.54) is 16.7 Å². The summed E-state index contributed by atoms with van der Waals surface area (Å²) >= 11 is 0. The number of hydrogen-bond donors (Lipinski definition) is 2. The van der Waals surface area contributed by atoms with Gasteiger partial charge in [0.1, 0.15) is 5.76 Å². The van der Waals surface area contributed by atoms with Crippen LogP contribution < -0.4 is 10.6 Å². The number of aliphatic imine (C=N–C) groups is 1. The standard InChI is InChI=1S/C19H28N4O/c1-5-16-9-7-8-10-17(16)13-22-19(20-6-2)21-12-11-18-14(3)23-24-15(18)4/h7-10H,5-6,11-13H2,1-4H3,(H2,20,21,22). The number of guanidine groups is 1. The van der Waals surface area contributed by atoms with Gasteiger partial charge >= 0.3 is 0 Å². The van der Waals surface area contributed by atoms with E-state index in [9.17, 15) is 0 Å². The maximum absolute atomic E-state index is 5.21. The molecule has 5 heteroatoms. The molecule has 0 unspecified atom stereocenters. The lowest BCUT2D eigenvalue weighted by atomic mass is 10.1. The van der Waals surface area contributed by atoms with Crippen LogP contribution in [0.4, 0.5) is 0 Å². The highest BCUT2D eigenvalue weighted by Gasteiger charge is 2.08. The van der Waals surface area contributed by atoms with Gasteiger partial charge in [-0.05, 0) is 44.7 Å². The number of benzene rings is 1. The Balaban J connectivity index is 1.95. The van der Waals surface area contributed by atoms with Gasteiger partial charge in [-0.2, -0.15) is 0 Å². The number of rotatable bonds is 7. The number of aryl methyl sites for hydroxylation is 3. The third-order valence-corrected chi connectivity index (χ3v) is 4.10. The van der Waals surface area contributed by atoms with E-state index in [2.05, 4.69) is 53.9 Å². The van der Waals surface area contributed by atoms with E-state index in [1.807, 2.05) is 13.8 Å². The summed E-state index contributed by atoms with van der Waals surface area (Å²) in [4.78, 5) is 4.71. The first-order valence-corrected chi connectivity index (χ1v) is 8.66. The fourth-order valence-electron chi connectivity index (χ4n) is 2.73. The Kier molecular flexibility index (Phi) is 6.85. The summed E-state index contributed by atoms with van der Waals surface area (Å²) in [5.41, 5.74) is 4.78. The second-order valence-corrected chi connectivity index (χ2v) is 5.80. The fourth-order valence-corrected chi connectivity index (χ4v) is 2.73. The zero-order valence-corrected chi connectivity index (χ0v) is 15.1. The predicted octanol–water partition coefficient (Wildman–Crippen LogP) is 3.15. The molecule has 0 fully saturated rings. The van der Waals surface area contributed by atoms with Crippen LogP contribution in [-0.4, -0.2) is 24.2 Å². The minimum atomic E-state index is 0.685. The lowest BCUT2D eigenvalue weighted by Gasteiger charge is -2.12. The SMILES string of the molecule is CCNC(=NCc1ccccc1CC)NCCc1c(C)noc1C. The van der Waals surface area contributed by atoms with Gasteiger partial charge in [0.2, 0.25) is 0 Å². The van der Waals surface area contributed by atoms with E-state index in [0.717, 1.165) is 43.3 Å². The second kappa shape index (κ2) is 9.11. The van der Waals surface area contributed by atoms with Gasteiger partial charge in [0, 0.05) is 18.7 Å². The Morgan fingerprint density at radius 1 is 1.12 bits per heavy atom. The summed E-state index contributed by atoms with van der Waals surface area (Å²) in [7, 11) is 0. The molecule has 1 heterocycles. The maximum Gasteiger partial charge on any atom is 0.191 e. The van der Waals surface area contributed by atoms with Crippen LogP contribution in [0.1, 0.15) is 42.0 Å². The highest BCUT2D eigenvalue weighted by molar-refractivity contribution is 5.79. The Bertz CT molecular complexity index is 656. The normalized spacial score (nSPS) is 11.6. The zero-order chi connectivity index (χ0) is 17.4. The summed E-state index contributed by atoms with van der Waals surface area (Å²) in [6, 6.07) is 8.47. The van der Waals surface area contributed by atoms with Crippen LogP contribution in [-0.2, 0) is 19.4 Å². The predicted molar refractivity (Wildman–Crippen MR) is 98.3 cm³/mol. The average molecular weight is 328 g/mol. The molecule has 0 aliphatic carbocycles. The molecular formula is C19H28N4O. The van der Waals surface area contributed by atoms with Crippen molar-refractivity contribution in [2.45, 2.75) is 47.1 Å². The zero-order valence-electron chi connectivity index (χ0n) is 15.1. The second-order valence-electron chi connectivity index (χ2n) is 5.80. The molecule has 0 saturated carbocycles. The molecule has 24 heavy (non-hydrogen) atoms. The molecule has 0 aliphatic rings. The van der Waals surface area contributed by atoms with Crippen molar-refractivity contribution in [3.8, 4) is 0 Å². The van der Waals surface area contributed by atoms with Crippen molar-refractivity contribution in [1.29, 1.82) is 0 Å². The summed E-state index contributed by atoms with van der Waals surface area (Å²) in [5.74, 6) is 1.74. The summed E-state index contributed by atoms with van der Waals surface area (Å²) in [5, 5.41) is 10.7. The van der Waals surface area contributed by atoms with Gasteiger partial charge < -0.3 is 15.2 Å². The van der Waals surface area contributed by atoms with Crippen molar-refractivity contribution in [2.75, 3.05) is 13.1 Å². The molecule has 1 aromatic carbocycles. The lowest BCUT2D eigenvalue weighted by molar-refractivity contribution is 0.392. The molecule has 1 aromatic heterocycles. The van der Waals surface area contributed by atoms with E-state index in [4.69, 9.17) is 9.52 Å². The number of nitrogens with zero attached hydrogens (tertiary/aromatic N) is 2. The molecule has 0 amide bonds. The molecule has 0 saturated heterocycles. The van der Waals surface area contributed by atoms with Crippen LogP contribution in [0.25, 0.3) is 0 Å². The number of aromatic nitrogens is 1. The fraction of sp³-hybridized carbons (Fsp3) is 0.474. The van der Waals surface area contributed by atoms with Gasteiger partial charge in [0.15, 0.2) is 5.96 Å². The van der Waals surface area contributed by atoms with Crippen LogP contribution in [0.15, 0.2) is 33.8 Å². The molecule has 2 rings (SSSR count). The highest BCUT2D eigenvalue weighted by atomic mass is 16.5. The third kappa shape index (κ3) is 4.85. The first-order chi connectivity index (χ1) is 11.7. The average Bonchev–Trinajstić information content (AvgIpc) is 2.91. The van der Waals surface area contributed by atoms with Crippen LogP contribution in [0.3, 0.4) is 0 Å². The van der Waals surface area contributed by atoms with Crippen LogP contribution >= 0.6 is 0 Å². The molecule has 0 spiro atoms. The Morgan fingerprint density at radius 2 is 1.88 bits per heavy atom. The molecule has 130 valence electrons. The van der Waals surface area contributed by atoms with Crippen LogP contribution in [0, 0.1) is 13.8 Å². The van der Waals surface area contributed by atoms with E-state index < -0.39 is 0 Å². The van der Waals surface area contributed by atoms with Crippen molar-refractivity contribution < 1.29 is 4.52 Å². The maximum atomic E-state index is 5.21. The van der Waals surface area contributed by atoms with Gasteiger partial charge in [-0.1, -0.05) is 36.3 Å². The van der Waals surface area contributed by atoms with Crippen molar-refractivity contribution in [2.24, 2.45) is 4.99 Å². The lowest BCUT2D eigenvalue weighted by Crippen LogP contribution is -2.38. The molecular weight excluding hydrogens is 300 g/mol. The smallest absolute Gasteiger partial charge is 0.191 e. The monoisotopic (exact) mass is 328 g/mol. The minimum absolute atomic E-state index is 0.685. The van der Waals surface area contributed by atoms with Crippen molar-refractivity contribution in [1.82, 2.24) is 15.8 Å². The van der Waals surface area contributed by atoms with E-state index >= 15 is 0 Å². The minimum Gasteiger partial charge on any atom is -0.361 e. The topological polar surface area (TPSA) is 62.5 Å².